The first kappa shape index (κ1) is 18.1. The summed E-state index contributed by atoms with van der Waals surface area (Å²) in [6.07, 6.45) is 1.53. The summed E-state index contributed by atoms with van der Waals surface area (Å²) in [4.78, 5) is 32.8. The molecule has 0 fully saturated rings. The maximum absolute atomic E-state index is 12.3. The van der Waals surface area contributed by atoms with Crippen LogP contribution >= 0.6 is 0 Å². The van der Waals surface area contributed by atoms with Crippen LogP contribution in [0.15, 0.2) is 30.5 Å². The van der Waals surface area contributed by atoms with Crippen LogP contribution in [0.2, 0.25) is 0 Å². The number of carboxylic acid groups (broad SMARTS) is 1. The predicted molar refractivity (Wildman–Crippen MR) is 86.1 cm³/mol. The van der Waals surface area contributed by atoms with Crippen molar-refractivity contribution < 1.29 is 24.4 Å². The number of nitrogens with zero attached hydrogens (tertiary/aromatic N) is 3. The maximum Gasteiger partial charge on any atom is 0.329 e. The molecule has 0 unspecified atom stereocenters. The van der Waals surface area contributed by atoms with E-state index in [2.05, 4.69) is 10.4 Å². The van der Waals surface area contributed by atoms with Gasteiger partial charge in [-0.05, 0) is 12.1 Å². The number of hydrogen-bond donors (Lipinski definition) is 2. The number of carbonyl (C=O) groups excluding carboxylic acids is 1. The Balaban J connectivity index is 2.07. The molecule has 2 aromatic rings. The number of hydrogen-bond acceptors (Lipinski definition) is 6. The van der Waals surface area contributed by atoms with Crippen molar-refractivity contribution in [2.75, 3.05) is 19.8 Å². The molecule has 0 saturated heterocycles. The number of nitro groups is 1. The molecule has 0 aliphatic heterocycles. The highest BCUT2D eigenvalue weighted by molar-refractivity contribution is 5.99. The van der Waals surface area contributed by atoms with Crippen LogP contribution in [0.3, 0.4) is 0 Å². The van der Waals surface area contributed by atoms with Gasteiger partial charge in [-0.25, -0.2) is 4.79 Å². The molecular formula is C15H16N4O6. The number of non-ortho nitro benzene ring substituents is 1. The minimum atomic E-state index is -1.08. The van der Waals surface area contributed by atoms with E-state index < -0.39 is 23.4 Å². The van der Waals surface area contributed by atoms with Gasteiger partial charge < -0.3 is 15.2 Å². The summed E-state index contributed by atoms with van der Waals surface area (Å²) in [5.41, 5.74) is 1.20. The number of aryl methyl sites for hydroxylation is 1. The van der Waals surface area contributed by atoms with Gasteiger partial charge in [0, 0.05) is 37.5 Å². The molecule has 0 saturated carbocycles. The number of carbonyl (C=O) groups is 2. The fourth-order valence-corrected chi connectivity index (χ4v) is 2.10. The van der Waals surface area contributed by atoms with Gasteiger partial charge in [0.25, 0.3) is 11.6 Å². The first-order chi connectivity index (χ1) is 11.9. The maximum atomic E-state index is 12.3. The molecular weight excluding hydrogens is 332 g/mol. The number of ether oxygens (including phenoxy) is 1. The lowest BCUT2D eigenvalue weighted by Crippen LogP contribution is -2.28. The largest absolute Gasteiger partial charge is 0.480 e. The second-order valence-corrected chi connectivity index (χ2v) is 5.07. The quantitative estimate of drug-likeness (QED) is 0.409. The Morgan fingerprint density at radius 3 is 2.64 bits per heavy atom. The van der Waals surface area contributed by atoms with E-state index in [9.17, 15) is 19.7 Å². The molecule has 0 radical (unpaired) electrons. The Morgan fingerprint density at radius 1 is 1.36 bits per heavy atom. The molecule has 1 amide bonds. The van der Waals surface area contributed by atoms with E-state index in [1.165, 1.54) is 35.1 Å². The second-order valence-electron chi connectivity index (χ2n) is 5.07. The van der Waals surface area contributed by atoms with E-state index in [1.807, 2.05) is 0 Å². The van der Waals surface area contributed by atoms with E-state index in [0.717, 1.165) is 0 Å². The molecule has 0 aliphatic carbocycles. The van der Waals surface area contributed by atoms with Crippen molar-refractivity contribution in [3.05, 3.63) is 46.1 Å². The first-order valence-corrected chi connectivity index (χ1v) is 7.24. The highest BCUT2D eigenvalue weighted by Gasteiger charge is 2.17. The molecule has 10 nitrogen and oxygen atoms in total. The van der Waals surface area contributed by atoms with E-state index in [0.29, 0.717) is 16.8 Å². The van der Waals surface area contributed by atoms with Crippen molar-refractivity contribution in [1.82, 2.24) is 15.1 Å². The van der Waals surface area contributed by atoms with Crippen molar-refractivity contribution in [3.63, 3.8) is 0 Å². The van der Waals surface area contributed by atoms with Gasteiger partial charge in [0.1, 0.15) is 12.3 Å². The van der Waals surface area contributed by atoms with Crippen molar-refractivity contribution in [1.29, 1.82) is 0 Å². The van der Waals surface area contributed by atoms with Crippen molar-refractivity contribution in [3.8, 4) is 11.3 Å². The van der Waals surface area contributed by atoms with Gasteiger partial charge >= 0.3 is 5.97 Å². The number of aliphatic carboxylic acids is 1. The zero-order chi connectivity index (χ0) is 18.4. The Morgan fingerprint density at radius 2 is 2.04 bits per heavy atom. The molecule has 2 rings (SSSR count). The molecule has 0 bridgehead atoms. The highest BCUT2D eigenvalue weighted by Crippen LogP contribution is 2.24. The number of nitro benzene ring substituents is 1. The minimum absolute atomic E-state index is 0.0544. The molecule has 2 N–H and O–H groups in total. The van der Waals surface area contributed by atoms with Crippen LogP contribution in [0.1, 0.15) is 10.4 Å². The summed E-state index contributed by atoms with van der Waals surface area (Å²) in [6, 6.07) is 5.72. The Hall–Kier alpha value is -3.27. The van der Waals surface area contributed by atoms with Gasteiger partial charge in [-0.1, -0.05) is 0 Å². The summed E-state index contributed by atoms with van der Waals surface area (Å²) < 4.78 is 6.30. The topological polar surface area (TPSA) is 137 Å². The number of nitrogens with one attached hydrogen (secondary N) is 1. The van der Waals surface area contributed by atoms with Crippen LogP contribution in [0.5, 0.6) is 0 Å². The van der Waals surface area contributed by atoms with Crippen molar-refractivity contribution in [2.45, 2.75) is 0 Å². The SMILES string of the molecule is Cn1cc(C(=O)NCCOCC(=O)O)c(-c2ccc([N+](=O)[O-])cc2)n1. The monoisotopic (exact) mass is 348 g/mol. The summed E-state index contributed by atoms with van der Waals surface area (Å²) in [6.45, 7) is -0.233. The van der Waals surface area contributed by atoms with Crippen LogP contribution < -0.4 is 5.32 Å². The van der Waals surface area contributed by atoms with Crippen LogP contribution in [0.25, 0.3) is 11.3 Å². The molecule has 0 atom stereocenters. The fourth-order valence-electron chi connectivity index (χ4n) is 2.10. The number of aromatic nitrogens is 2. The molecule has 1 heterocycles. The van der Waals surface area contributed by atoms with Crippen LogP contribution in [0.4, 0.5) is 5.69 Å². The Kier molecular flexibility index (Phi) is 5.79. The lowest BCUT2D eigenvalue weighted by atomic mass is 10.1. The summed E-state index contributed by atoms with van der Waals surface area (Å²) >= 11 is 0. The number of carboxylic acids is 1. The fraction of sp³-hybridized carbons (Fsp3) is 0.267. The lowest BCUT2D eigenvalue weighted by molar-refractivity contribution is -0.384. The lowest BCUT2D eigenvalue weighted by Gasteiger charge is -2.05. The normalized spacial score (nSPS) is 10.4. The van der Waals surface area contributed by atoms with Crippen molar-refractivity contribution in [2.24, 2.45) is 7.05 Å². The third-order valence-corrected chi connectivity index (χ3v) is 3.18. The van der Waals surface area contributed by atoms with Gasteiger partial charge in [-0.3, -0.25) is 19.6 Å². The minimum Gasteiger partial charge on any atom is -0.480 e. The van der Waals surface area contributed by atoms with E-state index in [4.69, 9.17) is 9.84 Å². The van der Waals surface area contributed by atoms with E-state index in [-0.39, 0.29) is 18.8 Å². The van der Waals surface area contributed by atoms with Crippen LogP contribution in [-0.4, -0.2) is 51.4 Å². The molecule has 0 aliphatic rings. The van der Waals surface area contributed by atoms with Gasteiger partial charge in [-0.15, -0.1) is 0 Å². The third-order valence-electron chi connectivity index (χ3n) is 3.18. The number of benzene rings is 1. The third kappa shape index (κ3) is 4.85. The van der Waals surface area contributed by atoms with Crippen LogP contribution in [-0.2, 0) is 16.6 Å². The average molecular weight is 348 g/mol. The summed E-state index contributed by atoms with van der Waals surface area (Å²) in [5, 5.41) is 26.0. The first-order valence-electron chi connectivity index (χ1n) is 7.24. The smallest absolute Gasteiger partial charge is 0.329 e. The second kappa shape index (κ2) is 8.02. The number of amides is 1. The zero-order valence-electron chi connectivity index (χ0n) is 13.3. The van der Waals surface area contributed by atoms with Crippen LogP contribution in [0, 0.1) is 10.1 Å². The van der Waals surface area contributed by atoms with Gasteiger partial charge in [0.15, 0.2) is 0 Å². The van der Waals surface area contributed by atoms with Gasteiger partial charge in [0.2, 0.25) is 0 Å². The molecule has 1 aromatic carbocycles. The molecule has 25 heavy (non-hydrogen) atoms. The van der Waals surface area contributed by atoms with E-state index >= 15 is 0 Å². The molecule has 0 spiro atoms. The Bertz CT molecular complexity index is 784. The molecule has 1 aromatic heterocycles. The standard InChI is InChI=1S/C15H16N4O6/c1-18-8-12(15(22)16-6-7-25-9-13(20)21)14(17-18)10-2-4-11(5-3-10)19(23)24/h2-5,8H,6-7,9H2,1H3,(H,16,22)(H,20,21). The highest BCUT2D eigenvalue weighted by atomic mass is 16.6. The summed E-state index contributed by atoms with van der Waals surface area (Å²) in [7, 11) is 1.65. The molecule has 10 heteroatoms. The summed E-state index contributed by atoms with van der Waals surface area (Å²) in [5.74, 6) is -1.49. The van der Waals surface area contributed by atoms with Crippen molar-refractivity contribution >= 4 is 17.6 Å². The predicted octanol–water partition coefficient (Wildman–Crippen LogP) is 0.826. The average Bonchev–Trinajstić information content (AvgIpc) is 2.96. The van der Waals surface area contributed by atoms with Gasteiger partial charge in [0.05, 0.1) is 17.1 Å². The van der Waals surface area contributed by atoms with Gasteiger partial charge in [-0.2, -0.15) is 5.10 Å². The number of rotatable bonds is 8. The Labute approximate surface area is 142 Å². The molecule has 132 valence electrons. The zero-order valence-corrected chi connectivity index (χ0v) is 13.3. The van der Waals surface area contributed by atoms with E-state index in [1.54, 1.807) is 7.05 Å².